The van der Waals surface area contributed by atoms with Crippen molar-refractivity contribution >= 4 is 13.8 Å². The van der Waals surface area contributed by atoms with Crippen molar-refractivity contribution in [3.63, 3.8) is 0 Å². The van der Waals surface area contributed by atoms with Crippen LogP contribution in [0.5, 0.6) is 5.75 Å². The molecule has 2 aromatic rings. The van der Waals surface area contributed by atoms with Gasteiger partial charge >= 0.3 is 25.4 Å². The van der Waals surface area contributed by atoms with Crippen molar-refractivity contribution in [2.75, 3.05) is 6.61 Å². The summed E-state index contributed by atoms with van der Waals surface area (Å²) in [6, 6.07) is 8.10. The van der Waals surface area contributed by atoms with Crippen molar-refractivity contribution < 1.29 is 41.2 Å². The largest absolute Gasteiger partial charge is 0.530 e. The van der Waals surface area contributed by atoms with Gasteiger partial charge in [0.2, 0.25) is 6.23 Å². The number of phosphoric acid groups is 1. The lowest BCUT2D eigenvalue weighted by Crippen LogP contribution is -2.44. The number of carbonyl (C=O) groups excluding carboxylic acids is 1. The summed E-state index contributed by atoms with van der Waals surface area (Å²) in [5, 5.41) is 0. The Morgan fingerprint density at radius 3 is 2.69 bits per heavy atom. The number of phosphoric ester groups is 1. The number of para-hydroxylation sites is 1. The maximum atomic E-state index is 15.7. The van der Waals surface area contributed by atoms with Gasteiger partial charge in [-0.3, -0.25) is 18.4 Å². The summed E-state index contributed by atoms with van der Waals surface area (Å²) >= 11 is 0. The maximum absolute atomic E-state index is 15.7. The van der Waals surface area contributed by atoms with Gasteiger partial charge in [-0.15, -0.1) is 0 Å². The van der Waals surface area contributed by atoms with E-state index in [4.69, 9.17) is 23.0 Å². The van der Waals surface area contributed by atoms with E-state index in [1.165, 1.54) is 6.07 Å². The molecule has 1 unspecified atom stereocenters. The van der Waals surface area contributed by atoms with E-state index < -0.39 is 50.4 Å². The van der Waals surface area contributed by atoms with Gasteiger partial charge < -0.3 is 14.0 Å². The quantitative estimate of drug-likeness (QED) is 0.186. The number of alkyl halides is 2. The highest BCUT2D eigenvalue weighted by molar-refractivity contribution is 7.49. The number of hydrogen-bond acceptors (Lipinski definition) is 9. The second-order valence-corrected chi connectivity index (χ2v) is 11.2. The Kier molecular flexibility index (Phi) is 9.53. The van der Waals surface area contributed by atoms with Gasteiger partial charge in [-0.05, 0) is 25.5 Å². The molecule has 1 saturated heterocycles. The van der Waals surface area contributed by atoms with Crippen molar-refractivity contribution in [1.82, 2.24) is 9.55 Å². The molecule has 2 aliphatic rings. The molecular formula is C26H33F2N2O8P. The summed E-state index contributed by atoms with van der Waals surface area (Å²) in [7, 11) is -4.19. The van der Waals surface area contributed by atoms with Gasteiger partial charge in [-0.25, -0.2) is 9.36 Å². The van der Waals surface area contributed by atoms with Crippen molar-refractivity contribution in [3.05, 3.63) is 58.3 Å². The highest BCUT2D eigenvalue weighted by Gasteiger charge is 2.63. The summed E-state index contributed by atoms with van der Waals surface area (Å²) in [4.78, 5) is 28.6. The number of aromatic nitrogens is 2. The first-order chi connectivity index (χ1) is 18.6. The van der Waals surface area contributed by atoms with Gasteiger partial charge in [-0.2, -0.15) is 13.8 Å². The van der Waals surface area contributed by atoms with Crippen LogP contribution in [0.2, 0.25) is 0 Å². The Morgan fingerprint density at radius 1 is 1.18 bits per heavy atom. The Morgan fingerprint density at radius 2 is 1.92 bits per heavy atom. The highest BCUT2D eigenvalue weighted by Crippen LogP contribution is 2.55. The molecule has 0 spiro atoms. The molecule has 39 heavy (non-hydrogen) atoms. The summed E-state index contributed by atoms with van der Waals surface area (Å²) < 4.78 is 71.7. The van der Waals surface area contributed by atoms with Crippen LogP contribution < -0.4 is 10.2 Å². The van der Waals surface area contributed by atoms with E-state index >= 15 is 8.78 Å². The molecule has 1 fully saturated rings. The minimum absolute atomic E-state index is 0.0511. The maximum Gasteiger partial charge on any atom is 0.530 e. The van der Waals surface area contributed by atoms with Gasteiger partial charge in [0, 0.05) is 23.9 Å². The number of nitrogens with zero attached hydrogens (tertiary/aromatic N) is 2. The molecule has 2 aliphatic heterocycles. The average Bonchev–Trinajstić information content (AvgIpc) is 3.14. The molecule has 4 atom stereocenters. The van der Waals surface area contributed by atoms with Gasteiger partial charge in [0.15, 0.2) is 6.10 Å². The number of aryl methyl sites for hydroxylation is 1. The van der Waals surface area contributed by atoms with Crippen LogP contribution in [0.15, 0.2) is 41.3 Å². The van der Waals surface area contributed by atoms with Crippen molar-refractivity contribution in [2.45, 2.75) is 89.8 Å². The highest BCUT2D eigenvalue weighted by atomic mass is 31.2. The van der Waals surface area contributed by atoms with E-state index in [0.29, 0.717) is 22.2 Å². The fourth-order valence-electron chi connectivity index (χ4n) is 4.41. The summed E-state index contributed by atoms with van der Waals surface area (Å²) in [5.74, 6) is -4.38. The standard InChI is InChI=1S/C26H33F2N2O8P/c1-3-4-5-6-7-8-13-22(31)37-23-21(17-35-39(33)34-16-19-11-9-10-12-20(19)38-39)36-24(26(23,27)28)30-15-14-18(2)29-25(30)32/h9-12,14-15,21,23-24H,3-8,13,16-17H2,1-2H3/t21-,23-,24-,39?/m1/s1. The fraction of sp³-hybridized carbons (Fsp3) is 0.577. The Hall–Kier alpha value is -2.66. The van der Waals surface area contributed by atoms with Crippen LogP contribution in [0, 0.1) is 6.92 Å². The summed E-state index contributed by atoms with van der Waals surface area (Å²) in [5.41, 5.74) is 0.0233. The Labute approximate surface area is 225 Å². The number of ether oxygens (including phenoxy) is 2. The molecule has 0 saturated carbocycles. The van der Waals surface area contributed by atoms with E-state index in [-0.39, 0.29) is 18.8 Å². The number of esters is 1. The number of carbonyl (C=O) groups is 1. The zero-order valence-electron chi connectivity index (χ0n) is 21.9. The lowest BCUT2D eigenvalue weighted by molar-refractivity contribution is -0.176. The minimum Gasteiger partial charge on any atom is -0.453 e. The molecular weight excluding hydrogens is 537 g/mol. The average molecular weight is 571 g/mol. The number of benzene rings is 1. The molecule has 13 heteroatoms. The van der Waals surface area contributed by atoms with Crippen LogP contribution >= 0.6 is 7.82 Å². The van der Waals surface area contributed by atoms with Crippen molar-refractivity contribution in [1.29, 1.82) is 0 Å². The van der Waals surface area contributed by atoms with Gasteiger partial charge in [0.1, 0.15) is 11.9 Å². The van der Waals surface area contributed by atoms with Crippen LogP contribution in [0.4, 0.5) is 8.78 Å². The third-order valence-corrected chi connectivity index (χ3v) is 7.85. The summed E-state index contributed by atoms with van der Waals surface area (Å²) in [6.07, 6.45) is 0.656. The zero-order chi connectivity index (χ0) is 28.0. The first-order valence-electron chi connectivity index (χ1n) is 13.1. The predicted molar refractivity (Wildman–Crippen MR) is 135 cm³/mol. The van der Waals surface area contributed by atoms with Crippen molar-refractivity contribution in [2.24, 2.45) is 0 Å². The molecule has 10 nitrogen and oxygen atoms in total. The number of rotatable bonds is 12. The van der Waals surface area contributed by atoms with E-state index in [0.717, 1.165) is 38.3 Å². The third-order valence-electron chi connectivity index (χ3n) is 6.52. The van der Waals surface area contributed by atoms with Gasteiger partial charge in [0.25, 0.3) is 0 Å². The smallest absolute Gasteiger partial charge is 0.453 e. The number of hydrogen-bond donors (Lipinski definition) is 0. The lowest BCUT2D eigenvalue weighted by Gasteiger charge is -2.27. The first kappa shape index (κ1) is 29.3. The van der Waals surface area contributed by atoms with Gasteiger partial charge in [-0.1, -0.05) is 57.2 Å². The van der Waals surface area contributed by atoms with Crippen LogP contribution in [0.3, 0.4) is 0 Å². The molecule has 4 rings (SSSR count). The molecule has 3 heterocycles. The second kappa shape index (κ2) is 12.7. The number of unbranched alkanes of at least 4 members (excludes halogenated alkanes) is 5. The van der Waals surface area contributed by atoms with Crippen LogP contribution in [0.25, 0.3) is 0 Å². The topological polar surface area (TPSA) is 115 Å². The SMILES string of the molecule is CCCCCCCCC(=O)O[C@@H]1[C@@H](COP2(=O)OCc3ccccc3O2)O[C@@H](n2ccc(C)nc2=O)C1(F)F. The van der Waals surface area contributed by atoms with E-state index in [2.05, 4.69) is 11.9 Å². The van der Waals surface area contributed by atoms with Crippen LogP contribution in [-0.2, 0) is 34.5 Å². The number of halogens is 2. The van der Waals surface area contributed by atoms with E-state index in [9.17, 15) is 14.2 Å². The first-order valence-corrected chi connectivity index (χ1v) is 14.5. The van der Waals surface area contributed by atoms with Crippen LogP contribution in [0.1, 0.15) is 69.4 Å². The van der Waals surface area contributed by atoms with E-state index in [1.54, 1.807) is 31.2 Å². The summed E-state index contributed by atoms with van der Waals surface area (Å²) in [6.45, 7) is 2.85. The molecule has 0 radical (unpaired) electrons. The molecule has 0 bridgehead atoms. The monoisotopic (exact) mass is 570 g/mol. The Bertz CT molecular complexity index is 1260. The minimum atomic E-state index is -4.19. The third kappa shape index (κ3) is 7.11. The molecule has 214 valence electrons. The molecule has 0 aliphatic carbocycles. The van der Waals surface area contributed by atoms with Crippen LogP contribution in [-0.4, -0.2) is 40.3 Å². The Balaban J connectivity index is 1.48. The molecule has 0 amide bonds. The predicted octanol–water partition coefficient (Wildman–Crippen LogP) is 5.48. The number of fused-ring (bicyclic) bond motifs is 1. The molecule has 1 aromatic carbocycles. The van der Waals surface area contributed by atoms with E-state index in [1.807, 2.05) is 0 Å². The molecule has 0 N–H and O–H groups in total. The normalized spacial score (nSPS) is 25.6. The zero-order valence-corrected chi connectivity index (χ0v) is 22.8. The molecule has 1 aromatic heterocycles. The van der Waals surface area contributed by atoms with Crippen molar-refractivity contribution in [3.8, 4) is 5.75 Å². The fourth-order valence-corrected chi connectivity index (χ4v) is 5.64. The second-order valence-electron chi connectivity index (χ2n) is 9.60. The van der Waals surface area contributed by atoms with Gasteiger partial charge in [0.05, 0.1) is 13.2 Å². The lowest BCUT2D eigenvalue weighted by atomic mass is 10.1.